The Kier molecular flexibility index (Phi) is 7.23. The number of likely N-dealkylation sites (N-methyl/N-ethyl adjacent to an activating group) is 1. The number of nitrogens with one attached hydrogen (secondary N) is 1. The van der Waals surface area contributed by atoms with Gasteiger partial charge in [0.2, 0.25) is 15.9 Å². The van der Waals surface area contributed by atoms with Crippen LogP contribution in [0.4, 0.5) is 10.1 Å². The minimum absolute atomic E-state index is 0.125. The van der Waals surface area contributed by atoms with Gasteiger partial charge in [-0.25, -0.2) is 12.8 Å². The molecule has 0 atom stereocenters. The largest absolute Gasteiger partial charge is 0.325 e. The van der Waals surface area contributed by atoms with E-state index in [9.17, 15) is 17.6 Å². The zero-order valence-electron chi connectivity index (χ0n) is 17.4. The molecule has 8 heteroatoms. The second kappa shape index (κ2) is 9.68. The van der Waals surface area contributed by atoms with Gasteiger partial charge >= 0.3 is 0 Å². The molecule has 1 amide bonds. The molecule has 1 N–H and O–H groups in total. The fraction of sp³-hybridized carbons (Fsp3) is 0.409. The molecule has 0 saturated carbocycles. The zero-order chi connectivity index (χ0) is 21.7. The van der Waals surface area contributed by atoms with Gasteiger partial charge in [-0.1, -0.05) is 24.6 Å². The van der Waals surface area contributed by atoms with E-state index in [2.05, 4.69) is 5.32 Å². The number of carbonyl (C=O) groups excluding carboxylic acids is 1. The highest BCUT2D eigenvalue weighted by Gasteiger charge is 2.26. The highest BCUT2D eigenvalue weighted by atomic mass is 32.2. The Bertz CT molecular complexity index is 987. The van der Waals surface area contributed by atoms with Crippen LogP contribution in [0.3, 0.4) is 0 Å². The van der Waals surface area contributed by atoms with Gasteiger partial charge in [-0.05, 0) is 62.2 Å². The third-order valence-electron chi connectivity index (χ3n) is 5.22. The first-order chi connectivity index (χ1) is 14.3. The van der Waals surface area contributed by atoms with Crippen LogP contribution in [-0.4, -0.2) is 50.2 Å². The fourth-order valence-corrected chi connectivity index (χ4v) is 5.09. The summed E-state index contributed by atoms with van der Waals surface area (Å²) in [6.07, 6.45) is 2.79. The van der Waals surface area contributed by atoms with Gasteiger partial charge in [-0.2, -0.15) is 4.31 Å². The second-order valence-electron chi connectivity index (χ2n) is 7.79. The summed E-state index contributed by atoms with van der Waals surface area (Å²) in [5.41, 5.74) is 2.19. The van der Waals surface area contributed by atoms with Crippen molar-refractivity contribution in [2.24, 2.45) is 0 Å². The van der Waals surface area contributed by atoms with Gasteiger partial charge in [0.05, 0.1) is 11.4 Å². The van der Waals surface area contributed by atoms with E-state index >= 15 is 0 Å². The van der Waals surface area contributed by atoms with Crippen LogP contribution in [0.15, 0.2) is 47.4 Å². The lowest BCUT2D eigenvalue weighted by Gasteiger charge is -2.26. The Balaban J connectivity index is 1.66. The van der Waals surface area contributed by atoms with Gasteiger partial charge in [0.1, 0.15) is 5.82 Å². The molecule has 0 bridgehead atoms. The van der Waals surface area contributed by atoms with Crippen LogP contribution in [0.1, 0.15) is 30.4 Å². The Morgan fingerprint density at radius 3 is 2.43 bits per heavy atom. The molecule has 1 fully saturated rings. The molecule has 1 aliphatic rings. The smallest absolute Gasteiger partial charge is 0.243 e. The summed E-state index contributed by atoms with van der Waals surface area (Å²) in [4.78, 5) is 14.5. The van der Waals surface area contributed by atoms with Crippen LogP contribution in [0, 0.1) is 12.7 Å². The zero-order valence-corrected chi connectivity index (χ0v) is 18.2. The molecule has 30 heavy (non-hydrogen) atoms. The first-order valence-corrected chi connectivity index (χ1v) is 11.5. The maximum absolute atomic E-state index is 13.0. The maximum Gasteiger partial charge on any atom is 0.243 e. The molecule has 1 aliphatic heterocycles. The molecule has 3 rings (SSSR count). The third-order valence-corrected chi connectivity index (χ3v) is 7.11. The third kappa shape index (κ3) is 5.65. The van der Waals surface area contributed by atoms with Gasteiger partial charge in [-0.3, -0.25) is 9.69 Å². The van der Waals surface area contributed by atoms with Crippen molar-refractivity contribution in [2.45, 2.75) is 37.6 Å². The minimum atomic E-state index is -3.56. The number of halogens is 1. The number of carbonyl (C=O) groups is 1. The van der Waals surface area contributed by atoms with Gasteiger partial charge < -0.3 is 5.32 Å². The summed E-state index contributed by atoms with van der Waals surface area (Å²) in [6.45, 7) is 3.52. The van der Waals surface area contributed by atoms with Crippen molar-refractivity contribution in [1.82, 2.24) is 9.21 Å². The van der Waals surface area contributed by atoms with Crippen molar-refractivity contribution in [2.75, 3.05) is 32.0 Å². The molecule has 6 nitrogen and oxygen atoms in total. The number of rotatable bonds is 7. The summed E-state index contributed by atoms with van der Waals surface area (Å²) >= 11 is 0. The van der Waals surface area contributed by atoms with Crippen LogP contribution in [0.5, 0.6) is 0 Å². The highest BCUT2D eigenvalue weighted by Crippen LogP contribution is 2.25. The van der Waals surface area contributed by atoms with E-state index in [1.165, 1.54) is 22.5 Å². The second-order valence-corrected chi connectivity index (χ2v) is 9.73. The average Bonchev–Trinajstić information content (AvgIpc) is 2.71. The van der Waals surface area contributed by atoms with Gasteiger partial charge in [-0.15, -0.1) is 0 Å². The summed E-state index contributed by atoms with van der Waals surface area (Å²) < 4.78 is 40.4. The van der Waals surface area contributed by atoms with Gasteiger partial charge in [0.25, 0.3) is 0 Å². The van der Waals surface area contributed by atoms with Crippen molar-refractivity contribution < 1.29 is 17.6 Å². The molecule has 0 radical (unpaired) electrons. The lowest BCUT2D eigenvalue weighted by molar-refractivity contribution is -0.117. The Morgan fingerprint density at radius 1 is 1.10 bits per heavy atom. The van der Waals surface area contributed by atoms with Crippen LogP contribution < -0.4 is 5.32 Å². The van der Waals surface area contributed by atoms with Crippen LogP contribution in [-0.2, 0) is 21.4 Å². The van der Waals surface area contributed by atoms with E-state index in [-0.39, 0.29) is 23.2 Å². The molecule has 1 heterocycles. The summed E-state index contributed by atoms with van der Waals surface area (Å²) in [5, 5.41) is 2.83. The van der Waals surface area contributed by atoms with Crippen molar-refractivity contribution in [3.05, 3.63) is 59.4 Å². The number of piperidine rings is 1. The molecule has 0 aliphatic carbocycles. The summed E-state index contributed by atoms with van der Waals surface area (Å²) in [7, 11) is -1.76. The van der Waals surface area contributed by atoms with E-state index in [0.29, 0.717) is 25.3 Å². The number of benzene rings is 2. The van der Waals surface area contributed by atoms with Crippen molar-refractivity contribution >= 4 is 21.6 Å². The highest BCUT2D eigenvalue weighted by molar-refractivity contribution is 7.89. The quantitative estimate of drug-likeness (QED) is 0.727. The summed E-state index contributed by atoms with van der Waals surface area (Å²) in [5.74, 6) is -0.538. The lowest BCUT2D eigenvalue weighted by Crippen LogP contribution is -2.35. The number of amides is 1. The number of aryl methyl sites for hydroxylation is 1. The number of hydrogen-bond donors (Lipinski definition) is 1. The lowest BCUT2D eigenvalue weighted by atomic mass is 10.2. The average molecular weight is 434 g/mol. The molecule has 2 aromatic rings. The number of nitrogens with zero attached hydrogens (tertiary/aromatic N) is 2. The predicted molar refractivity (Wildman–Crippen MR) is 115 cm³/mol. The van der Waals surface area contributed by atoms with Crippen LogP contribution in [0.2, 0.25) is 0 Å². The number of hydrogen-bond acceptors (Lipinski definition) is 4. The Morgan fingerprint density at radius 2 is 1.77 bits per heavy atom. The molecule has 2 aromatic carbocycles. The van der Waals surface area contributed by atoms with E-state index in [4.69, 9.17) is 0 Å². The molecule has 0 unspecified atom stereocenters. The SMILES string of the molecule is Cc1ccc(S(=O)(=O)N2CCCCC2)cc1NC(=O)CN(C)Cc1ccc(F)cc1. The summed E-state index contributed by atoms with van der Waals surface area (Å²) in [6, 6.07) is 11.0. The van der Waals surface area contributed by atoms with Gasteiger partial charge in [0.15, 0.2) is 0 Å². The van der Waals surface area contributed by atoms with Crippen molar-refractivity contribution in [3.8, 4) is 0 Å². The molecular weight excluding hydrogens is 405 g/mol. The topological polar surface area (TPSA) is 69.7 Å². The Hall–Kier alpha value is -2.29. The Labute approximate surface area is 177 Å². The fourth-order valence-electron chi connectivity index (χ4n) is 3.54. The van der Waals surface area contributed by atoms with E-state index in [1.54, 1.807) is 31.3 Å². The number of anilines is 1. The maximum atomic E-state index is 13.0. The first kappa shape index (κ1) is 22.4. The molecule has 162 valence electrons. The molecule has 0 aromatic heterocycles. The predicted octanol–water partition coefficient (Wildman–Crippen LogP) is 3.38. The van der Waals surface area contributed by atoms with E-state index in [1.807, 2.05) is 11.8 Å². The monoisotopic (exact) mass is 433 g/mol. The van der Waals surface area contributed by atoms with E-state index in [0.717, 1.165) is 30.4 Å². The van der Waals surface area contributed by atoms with Crippen molar-refractivity contribution in [1.29, 1.82) is 0 Å². The minimum Gasteiger partial charge on any atom is -0.325 e. The standard InChI is InChI=1S/C22H28FN3O3S/c1-17-6-11-20(30(28,29)26-12-4-3-5-13-26)14-21(17)24-22(27)16-25(2)15-18-7-9-19(23)10-8-18/h6-11,14H,3-5,12-13,15-16H2,1-2H3,(H,24,27). The van der Waals surface area contributed by atoms with Crippen LogP contribution >= 0.6 is 0 Å². The molecule has 1 saturated heterocycles. The molecule has 0 spiro atoms. The normalized spacial score (nSPS) is 15.3. The van der Waals surface area contributed by atoms with E-state index < -0.39 is 10.0 Å². The van der Waals surface area contributed by atoms with Gasteiger partial charge in [0, 0.05) is 25.3 Å². The number of sulfonamides is 1. The van der Waals surface area contributed by atoms with Crippen LogP contribution in [0.25, 0.3) is 0 Å². The molecular formula is C22H28FN3O3S. The van der Waals surface area contributed by atoms with Crippen molar-refractivity contribution in [3.63, 3.8) is 0 Å². The first-order valence-electron chi connectivity index (χ1n) is 10.1.